The van der Waals surface area contributed by atoms with Gasteiger partial charge in [-0.05, 0) is 78.9 Å². The molecule has 0 saturated heterocycles. The number of imidazole rings is 1. The first-order chi connectivity index (χ1) is 18.3. The number of rotatable bonds is 6. The van der Waals surface area contributed by atoms with Gasteiger partial charge in [0.05, 0.1) is 39.9 Å². The molecule has 0 radical (unpaired) electrons. The molecule has 188 valence electrons. The molecule has 0 unspecified atom stereocenters. The number of benzene rings is 3. The van der Waals surface area contributed by atoms with Crippen molar-refractivity contribution >= 4 is 21.9 Å². The molecule has 7 heteroatoms. The Morgan fingerprint density at radius 1 is 1.00 bits per heavy atom. The van der Waals surface area contributed by atoms with Gasteiger partial charge < -0.3 is 4.74 Å². The summed E-state index contributed by atoms with van der Waals surface area (Å²) >= 11 is 0. The van der Waals surface area contributed by atoms with E-state index in [0.717, 1.165) is 56.3 Å². The fourth-order valence-electron chi connectivity index (χ4n) is 4.79. The molecule has 5 rings (SSSR count). The molecule has 7 nitrogen and oxygen atoms in total. The zero-order valence-corrected chi connectivity index (χ0v) is 21.8. The molecule has 0 aliphatic rings. The molecule has 0 saturated carbocycles. The van der Waals surface area contributed by atoms with Crippen LogP contribution in [0.2, 0.25) is 0 Å². The summed E-state index contributed by atoms with van der Waals surface area (Å²) in [5.41, 5.74) is 6.14. The first kappa shape index (κ1) is 24.8. The minimum Gasteiger partial charge on any atom is -0.478 e. The van der Waals surface area contributed by atoms with E-state index in [2.05, 4.69) is 30.1 Å². The van der Waals surface area contributed by atoms with E-state index in [0.29, 0.717) is 5.75 Å². The molecule has 0 aliphatic heterocycles. The highest BCUT2D eigenvalue weighted by atomic mass is 16.5. The molecular weight excluding hydrogens is 474 g/mol. The molecule has 0 aliphatic carbocycles. The SMILES string of the molecule is CCc1cc(-c2ccc3ncc4c(c3c2)n(-c2ccc(C(C)(C)C#N)cc2)c(=O)n4C)ccc1OCC#N. The summed E-state index contributed by atoms with van der Waals surface area (Å²) in [6.07, 6.45) is 2.50. The van der Waals surface area contributed by atoms with Crippen LogP contribution < -0.4 is 10.4 Å². The maximum atomic E-state index is 13.4. The Balaban J connectivity index is 1.70. The first-order valence-electron chi connectivity index (χ1n) is 12.4. The molecule has 2 heterocycles. The predicted molar refractivity (Wildman–Crippen MR) is 148 cm³/mol. The van der Waals surface area contributed by atoms with Crippen molar-refractivity contribution < 1.29 is 4.74 Å². The molecular formula is C31H27N5O2. The molecule has 0 bridgehead atoms. The summed E-state index contributed by atoms with van der Waals surface area (Å²) in [6.45, 7) is 5.81. The quantitative estimate of drug-likeness (QED) is 0.292. The average molecular weight is 502 g/mol. The van der Waals surface area contributed by atoms with E-state index >= 15 is 0 Å². The monoisotopic (exact) mass is 501 g/mol. The Kier molecular flexibility index (Phi) is 6.22. The third-order valence-electron chi connectivity index (χ3n) is 7.08. The lowest BCUT2D eigenvalue weighted by atomic mass is 9.86. The van der Waals surface area contributed by atoms with Gasteiger partial charge in [-0.3, -0.25) is 14.1 Å². The van der Waals surface area contributed by atoms with Crippen molar-refractivity contribution in [3.63, 3.8) is 0 Å². The molecule has 3 aromatic carbocycles. The van der Waals surface area contributed by atoms with Crippen molar-refractivity contribution in [1.82, 2.24) is 14.1 Å². The smallest absolute Gasteiger partial charge is 0.333 e. The molecule has 0 spiro atoms. The van der Waals surface area contributed by atoms with Gasteiger partial charge in [0.1, 0.15) is 11.8 Å². The molecule has 5 aromatic rings. The van der Waals surface area contributed by atoms with E-state index in [1.165, 1.54) is 0 Å². The number of nitrogens with zero attached hydrogens (tertiary/aromatic N) is 5. The summed E-state index contributed by atoms with van der Waals surface area (Å²) in [5.74, 6) is 0.711. The van der Waals surface area contributed by atoms with Crippen LogP contribution in [-0.4, -0.2) is 20.7 Å². The molecule has 0 N–H and O–H groups in total. The lowest BCUT2D eigenvalue weighted by Crippen LogP contribution is -2.21. The Labute approximate surface area is 220 Å². The van der Waals surface area contributed by atoms with Gasteiger partial charge in [-0.15, -0.1) is 0 Å². The van der Waals surface area contributed by atoms with Crippen LogP contribution in [0.5, 0.6) is 5.75 Å². The number of aryl methyl sites for hydroxylation is 2. The minimum atomic E-state index is -0.625. The molecule has 0 atom stereocenters. The molecule has 0 amide bonds. The van der Waals surface area contributed by atoms with Gasteiger partial charge in [0.25, 0.3) is 0 Å². The van der Waals surface area contributed by atoms with Crippen molar-refractivity contribution in [2.75, 3.05) is 6.61 Å². The van der Waals surface area contributed by atoms with Crippen molar-refractivity contribution in [2.45, 2.75) is 32.6 Å². The largest absolute Gasteiger partial charge is 0.478 e. The number of hydrogen-bond donors (Lipinski definition) is 0. The summed E-state index contributed by atoms with van der Waals surface area (Å²) < 4.78 is 8.90. The number of fused-ring (bicyclic) bond motifs is 3. The van der Waals surface area contributed by atoms with Crippen LogP contribution in [0.4, 0.5) is 0 Å². The second-order valence-corrected chi connectivity index (χ2v) is 9.81. The van der Waals surface area contributed by atoms with Gasteiger partial charge in [-0.1, -0.05) is 31.2 Å². The lowest BCUT2D eigenvalue weighted by molar-refractivity contribution is 0.364. The van der Waals surface area contributed by atoms with Gasteiger partial charge >= 0.3 is 5.69 Å². The van der Waals surface area contributed by atoms with E-state index in [4.69, 9.17) is 10.00 Å². The van der Waals surface area contributed by atoms with Crippen molar-refractivity contribution in [1.29, 1.82) is 10.5 Å². The van der Waals surface area contributed by atoms with Gasteiger partial charge in [0, 0.05) is 12.4 Å². The molecule has 2 aromatic heterocycles. The van der Waals surface area contributed by atoms with Crippen LogP contribution >= 0.6 is 0 Å². The van der Waals surface area contributed by atoms with Gasteiger partial charge in [-0.2, -0.15) is 10.5 Å². The second kappa shape index (κ2) is 9.53. The van der Waals surface area contributed by atoms with E-state index in [1.807, 2.05) is 68.4 Å². The van der Waals surface area contributed by atoms with Gasteiger partial charge in [-0.25, -0.2) is 4.79 Å². The lowest BCUT2D eigenvalue weighted by Gasteiger charge is -2.16. The van der Waals surface area contributed by atoms with E-state index in [1.54, 1.807) is 22.4 Å². The maximum absolute atomic E-state index is 13.4. The maximum Gasteiger partial charge on any atom is 0.333 e. The zero-order valence-electron chi connectivity index (χ0n) is 21.8. The number of aromatic nitrogens is 3. The third-order valence-corrected chi connectivity index (χ3v) is 7.08. The first-order valence-corrected chi connectivity index (χ1v) is 12.4. The van der Waals surface area contributed by atoms with E-state index < -0.39 is 5.41 Å². The summed E-state index contributed by atoms with van der Waals surface area (Å²) in [4.78, 5) is 18.1. The van der Waals surface area contributed by atoms with Crippen LogP contribution in [0.3, 0.4) is 0 Å². The Morgan fingerprint density at radius 2 is 1.71 bits per heavy atom. The molecule has 38 heavy (non-hydrogen) atoms. The van der Waals surface area contributed by atoms with Crippen LogP contribution in [0.25, 0.3) is 38.8 Å². The predicted octanol–water partition coefficient (Wildman–Crippen LogP) is 5.81. The Bertz CT molecular complexity index is 1830. The van der Waals surface area contributed by atoms with Crippen LogP contribution in [-0.2, 0) is 18.9 Å². The number of hydrogen-bond acceptors (Lipinski definition) is 5. The standard InChI is InChI=1S/C31H27N5O2/c1-5-20-16-21(7-13-28(20)38-15-14-32)22-6-12-26-25(17-22)29-27(18-34-26)35(4)30(37)36(29)24-10-8-23(9-11-24)31(2,3)19-33/h6-13,16-18H,5,15H2,1-4H3. The average Bonchev–Trinajstić information content (AvgIpc) is 3.21. The minimum absolute atomic E-state index is 0.00644. The Hall–Kier alpha value is -4.88. The van der Waals surface area contributed by atoms with Crippen LogP contribution in [0.1, 0.15) is 31.9 Å². The van der Waals surface area contributed by atoms with E-state index in [9.17, 15) is 10.1 Å². The van der Waals surface area contributed by atoms with Gasteiger partial charge in [0.15, 0.2) is 6.61 Å². The second-order valence-electron chi connectivity index (χ2n) is 9.81. The van der Waals surface area contributed by atoms with Crippen LogP contribution in [0, 0.1) is 22.7 Å². The van der Waals surface area contributed by atoms with Gasteiger partial charge in [0.2, 0.25) is 0 Å². The van der Waals surface area contributed by atoms with Crippen molar-refractivity contribution in [3.05, 3.63) is 88.5 Å². The van der Waals surface area contributed by atoms with Crippen molar-refractivity contribution in [3.8, 4) is 34.7 Å². The zero-order chi connectivity index (χ0) is 27.0. The summed E-state index contributed by atoms with van der Waals surface area (Å²) in [7, 11) is 1.75. The van der Waals surface area contributed by atoms with E-state index in [-0.39, 0.29) is 12.3 Å². The highest BCUT2D eigenvalue weighted by Crippen LogP contribution is 2.32. The number of pyridine rings is 1. The topological polar surface area (TPSA) is 96.6 Å². The number of ether oxygens (including phenoxy) is 1. The summed E-state index contributed by atoms with van der Waals surface area (Å²) in [6, 6.07) is 23.9. The highest BCUT2D eigenvalue weighted by molar-refractivity contribution is 6.04. The van der Waals surface area contributed by atoms with Crippen molar-refractivity contribution in [2.24, 2.45) is 7.05 Å². The van der Waals surface area contributed by atoms with Crippen LogP contribution in [0.15, 0.2) is 71.7 Å². The normalized spacial score (nSPS) is 11.4. The summed E-state index contributed by atoms with van der Waals surface area (Å²) in [5, 5.41) is 19.3. The number of nitriles is 2. The Morgan fingerprint density at radius 3 is 2.39 bits per heavy atom. The highest BCUT2D eigenvalue weighted by Gasteiger charge is 2.21. The fourth-order valence-corrected chi connectivity index (χ4v) is 4.79. The fraction of sp³-hybridized carbons (Fsp3) is 0.226. The third kappa shape index (κ3) is 4.09. The molecule has 0 fully saturated rings.